The molecule has 0 aromatic carbocycles. The van der Waals surface area contributed by atoms with Crippen molar-refractivity contribution in [3.8, 4) is 11.5 Å². The fourth-order valence-electron chi connectivity index (χ4n) is 2.10. The van der Waals surface area contributed by atoms with E-state index in [1.54, 1.807) is 6.20 Å². The first-order valence-corrected chi connectivity index (χ1v) is 9.94. The molecule has 1 amide bonds. The average molecular weight is 277 g/mol. The molecular weight excluding hydrogens is 258 g/mol. The van der Waals surface area contributed by atoms with Crippen LogP contribution in [-0.4, -0.2) is 40.7 Å². The van der Waals surface area contributed by atoms with E-state index < -0.39 is 14.2 Å². The first-order valence-electron chi connectivity index (χ1n) is 6.44. The Kier molecular flexibility index (Phi) is 3.67. The van der Waals surface area contributed by atoms with Crippen LogP contribution in [0.25, 0.3) is 0 Å². The second kappa shape index (κ2) is 5.09. The number of likely N-dealkylation sites (tertiary alicyclic amines) is 1. The van der Waals surface area contributed by atoms with Crippen molar-refractivity contribution in [2.75, 3.05) is 6.54 Å². The van der Waals surface area contributed by atoms with E-state index in [-0.39, 0.29) is 6.04 Å². The van der Waals surface area contributed by atoms with Crippen molar-refractivity contribution in [3.05, 3.63) is 17.7 Å². The van der Waals surface area contributed by atoms with Crippen molar-refractivity contribution < 1.29 is 9.90 Å². The third kappa shape index (κ3) is 3.38. The van der Waals surface area contributed by atoms with Crippen LogP contribution >= 0.6 is 0 Å². The largest absolute Gasteiger partial charge is 0.465 e. The fourth-order valence-corrected chi connectivity index (χ4v) is 2.61. The van der Waals surface area contributed by atoms with E-state index in [4.69, 9.17) is 5.11 Å². The normalized spacial score (nSPS) is 19.1. The lowest BCUT2D eigenvalue weighted by Gasteiger charge is -2.19. The number of hydrogen-bond acceptors (Lipinski definition) is 2. The van der Waals surface area contributed by atoms with Crippen LogP contribution in [0.15, 0.2) is 6.20 Å². The number of amides is 1. The first-order chi connectivity index (χ1) is 8.87. The topological polar surface area (TPSA) is 69.2 Å². The van der Waals surface area contributed by atoms with E-state index in [0.29, 0.717) is 12.4 Å². The third-order valence-electron chi connectivity index (χ3n) is 2.98. The Bertz CT molecular complexity index is 536. The van der Waals surface area contributed by atoms with Crippen molar-refractivity contribution in [1.82, 2.24) is 14.9 Å². The molecule has 1 saturated heterocycles. The molecule has 1 aliphatic heterocycles. The number of aromatic nitrogens is 2. The first kappa shape index (κ1) is 13.7. The van der Waals surface area contributed by atoms with Crippen LogP contribution in [0.3, 0.4) is 0 Å². The van der Waals surface area contributed by atoms with Gasteiger partial charge in [0.05, 0.1) is 12.2 Å². The predicted octanol–water partition coefficient (Wildman–Crippen LogP) is 2.45. The maximum Gasteiger partial charge on any atom is 0.407 e. The van der Waals surface area contributed by atoms with Crippen LogP contribution in [0.5, 0.6) is 0 Å². The molecule has 2 N–H and O–H groups in total. The van der Waals surface area contributed by atoms with E-state index in [1.807, 2.05) is 0 Å². The number of nitrogens with zero attached hydrogens (tertiary/aromatic N) is 2. The molecule has 102 valence electrons. The quantitative estimate of drug-likeness (QED) is 0.612. The van der Waals surface area contributed by atoms with Gasteiger partial charge in [-0.3, -0.25) is 4.90 Å². The Balaban J connectivity index is 2.17. The molecule has 1 atom stereocenters. The Morgan fingerprint density at radius 2 is 2.32 bits per heavy atom. The van der Waals surface area contributed by atoms with Crippen LogP contribution in [0.4, 0.5) is 4.79 Å². The molecule has 2 rings (SSSR count). The van der Waals surface area contributed by atoms with E-state index >= 15 is 0 Å². The van der Waals surface area contributed by atoms with Gasteiger partial charge in [0.25, 0.3) is 0 Å². The lowest BCUT2D eigenvalue weighted by atomic mass is 10.2. The summed E-state index contributed by atoms with van der Waals surface area (Å²) >= 11 is 0. The molecule has 1 aromatic rings. The number of rotatable bonds is 1. The molecule has 1 aliphatic rings. The van der Waals surface area contributed by atoms with Crippen LogP contribution in [0.2, 0.25) is 19.6 Å². The van der Waals surface area contributed by atoms with Gasteiger partial charge in [0, 0.05) is 6.54 Å². The van der Waals surface area contributed by atoms with Crippen LogP contribution in [0, 0.1) is 11.5 Å². The zero-order valence-corrected chi connectivity index (χ0v) is 12.5. The summed E-state index contributed by atoms with van der Waals surface area (Å²) in [6.07, 6.45) is 2.52. The number of aromatic amines is 1. The third-order valence-corrected chi connectivity index (χ3v) is 3.86. The Hall–Kier alpha value is -1.74. The smallest absolute Gasteiger partial charge is 0.407 e. The molecule has 0 spiro atoms. The Morgan fingerprint density at radius 3 is 2.95 bits per heavy atom. The number of hydrogen-bond donors (Lipinski definition) is 2. The second-order valence-electron chi connectivity index (χ2n) is 5.82. The van der Waals surface area contributed by atoms with E-state index in [9.17, 15) is 4.79 Å². The monoisotopic (exact) mass is 277 g/mol. The molecule has 1 aromatic heterocycles. The summed E-state index contributed by atoms with van der Waals surface area (Å²) in [5, 5.41) is 9.12. The van der Waals surface area contributed by atoms with Gasteiger partial charge in [0.2, 0.25) is 0 Å². The van der Waals surface area contributed by atoms with Crippen LogP contribution < -0.4 is 0 Å². The van der Waals surface area contributed by atoms with E-state index in [2.05, 4.69) is 41.1 Å². The molecule has 19 heavy (non-hydrogen) atoms. The summed E-state index contributed by atoms with van der Waals surface area (Å²) in [4.78, 5) is 20.0. The highest BCUT2D eigenvalue weighted by Crippen LogP contribution is 2.29. The van der Waals surface area contributed by atoms with Crippen molar-refractivity contribution in [2.45, 2.75) is 38.5 Å². The van der Waals surface area contributed by atoms with Gasteiger partial charge in [-0.1, -0.05) is 25.6 Å². The maximum absolute atomic E-state index is 11.1. The number of carboxylic acid groups (broad SMARTS) is 1. The molecule has 0 bridgehead atoms. The summed E-state index contributed by atoms with van der Waals surface area (Å²) in [5.41, 5.74) is 4.04. The SMILES string of the molecule is C[Si](C)(C)C#Cc1cnc([C@@H]2CCCN2C(=O)O)[nH]1. The molecule has 0 aliphatic carbocycles. The fraction of sp³-hybridized carbons (Fsp3) is 0.538. The van der Waals surface area contributed by atoms with Gasteiger partial charge in [-0.05, 0) is 12.8 Å². The van der Waals surface area contributed by atoms with Gasteiger partial charge < -0.3 is 10.1 Å². The second-order valence-corrected chi connectivity index (χ2v) is 10.6. The van der Waals surface area contributed by atoms with Crippen molar-refractivity contribution in [2.24, 2.45) is 0 Å². The molecule has 1 fully saturated rings. The summed E-state index contributed by atoms with van der Waals surface area (Å²) in [6.45, 7) is 7.12. The molecule has 5 nitrogen and oxygen atoms in total. The van der Waals surface area contributed by atoms with Crippen LogP contribution in [0.1, 0.15) is 30.4 Å². The van der Waals surface area contributed by atoms with Gasteiger partial charge in [-0.15, -0.1) is 5.54 Å². The minimum Gasteiger partial charge on any atom is -0.465 e. The molecule has 0 radical (unpaired) electrons. The van der Waals surface area contributed by atoms with Gasteiger partial charge >= 0.3 is 6.09 Å². The summed E-state index contributed by atoms with van der Waals surface area (Å²) in [7, 11) is -1.41. The lowest BCUT2D eigenvalue weighted by molar-refractivity contribution is 0.139. The number of H-pyrrole nitrogens is 1. The van der Waals surface area contributed by atoms with Crippen molar-refractivity contribution in [1.29, 1.82) is 0 Å². The number of imidazole rings is 1. The zero-order valence-electron chi connectivity index (χ0n) is 11.5. The van der Waals surface area contributed by atoms with Crippen LogP contribution in [-0.2, 0) is 0 Å². The van der Waals surface area contributed by atoms with E-state index in [0.717, 1.165) is 18.5 Å². The van der Waals surface area contributed by atoms with Crippen molar-refractivity contribution >= 4 is 14.2 Å². The number of carbonyl (C=O) groups is 1. The summed E-state index contributed by atoms with van der Waals surface area (Å²) in [5.74, 6) is 3.81. The van der Waals surface area contributed by atoms with Crippen molar-refractivity contribution in [3.63, 3.8) is 0 Å². The highest BCUT2D eigenvalue weighted by atomic mass is 28.3. The Labute approximate surface area is 114 Å². The number of nitrogens with one attached hydrogen (secondary N) is 1. The molecule has 2 heterocycles. The van der Waals surface area contributed by atoms with Gasteiger partial charge in [-0.25, -0.2) is 9.78 Å². The Morgan fingerprint density at radius 1 is 1.58 bits per heavy atom. The molecule has 0 saturated carbocycles. The predicted molar refractivity (Wildman–Crippen MR) is 75.5 cm³/mol. The molecular formula is C13H19N3O2Si. The highest BCUT2D eigenvalue weighted by molar-refractivity contribution is 6.83. The standard InChI is InChI=1S/C13H19N3O2Si/c1-19(2,3)8-6-10-9-14-12(15-10)11-5-4-7-16(11)13(17)18/h9,11H,4-5,7H2,1-3H3,(H,14,15)(H,17,18)/t11-/m0/s1. The summed E-state index contributed by atoms with van der Waals surface area (Å²) in [6, 6.07) is -0.153. The summed E-state index contributed by atoms with van der Waals surface area (Å²) < 4.78 is 0. The lowest BCUT2D eigenvalue weighted by Crippen LogP contribution is -2.29. The molecule has 0 unspecified atom stereocenters. The average Bonchev–Trinajstić information content (AvgIpc) is 2.94. The molecule has 6 heteroatoms. The minimum absolute atomic E-state index is 0.153. The van der Waals surface area contributed by atoms with Gasteiger partial charge in [0.1, 0.15) is 19.6 Å². The highest BCUT2D eigenvalue weighted by Gasteiger charge is 2.31. The van der Waals surface area contributed by atoms with Gasteiger partial charge in [0.15, 0.2) is 0 Å². The van der Waals surface area contributed by atoms with E-state index in [1.165, 1.54) is 4.90 Å². The zero-order chi connectivity index (χ0) is 14.0. The van der Waals surface area contributed by atoms with Gasteiger partial charge in [-0.2, -0.15) is 0 Å². The maximum atomic E-state index is 11.1. The minimum atomic E-state index is -1.41.